The van der Waals surface area contributed by atoms with E-state index in [9.17, 15) is 14.3 Å². The fourth-order valence-corrected chi connectivity index (χ4v) is 3.80. The molecule has 1 fully saturated rings. The average Bonchev–Trinajstić information content (AvgIpc) is 3.20. The lowest BCUT2D eigenvalue weighted by molar-refractivity contribution is -0.00349. The van der Waals surface area contributed by atoms with Gasteiger partial charge in [0.15, 0.2) is 11.4 Å². The molecule has 3 aromatic rings. The fraction of sp³-hybridized carbons (Fsp3) is 0.350. The number of benzene rings is 1. The molecule has 0 bridgehead atoms. The van der Waals surface area contributed by atoms with Gasteiger partial charge in [0, 0.05) is 17.8 Å². The summed E-state index contributed by atoms with van der Waals surface area (Å²) in [5.74, 6) is -0.903. The van der Waals surface area contributed by atoms with Crippen molar-refractivity contribution in [3.8, 4) is 11.4 Å². The van der Waals surface area contributed by atoms with Gasteiger partial charge in [-0.1, -0.05) is 12.1 Å². The quantitative estimate of drug-likeness (QED) is 0.706. The number of ether oxygens (including phenoxy) is 1. The number of nitrogens with zero attached hydrogens (tertiary/aromatic N) is 4. The van der Waals surface area contributed by atoms with E-state index < -0.39 is 6.04 Å². The number of rotatable bonds is 3. The van der Waals surface area contributed by atoms with E-state index in [0.29, 0.717) is 30.2 Å². The summed E-state index contributed by atoms with van der Waals surface area (Å²) in [5.41, 5.74) is 2.96. The Morgan fingerprint density at radius 2 is 2.03 bits per heavy atom. The number of para-hydroxylation sites is 1. The van der Waals surface area contributed by atoms with Crippen molar-refractivity contribution in [2.45, 2.75) is 26.8 Å². The molecule has 0 radical (unpaired) electrons. The van der Waals surface area contributed by atoms with Crippen molar-refractivity contribution in [2.24, 2.45) is 0 Å². The summed E-state index contributed by atoms with van der Waals surface area (Å²) in [7, 11) is 0. The summed E-state index contributed by atoms with van der Waals surface area (Å²) in [4.78, 5) is 14.8. The molecule has 1 aliphatic heterocycles. The normalized spacial score (nSPS) is 17.0. The minimum absolute atomic E-state index is 0.0474. The molecule has 2 N–H and O–H groups in total. The molecule has 8 nitrogen and oxygen atoms in total. The van der Waals surface area contributed by atoms with Crippen LogP contribution in [0.2, 0.25) is 0 Å². The Hall–Kier alpha value is -3.20. The van der Waals surface area contributed by atoms with E-state index in [2.05, 4.69) is 15.3 Å². The molecule has 152 valence electrons. The largest absolute Gasteiger partial charge is 0.504 e. The highest BCUT2D eigenvalue weighted by Gasteiger charge is 2.35. The summed E-state index contributed by atoms with van der Waals surface area (Å²) in [6.45, 7) is 6.31. The highest BCUT2D eigenvalue weighted by Crippen LogP contribution is 2.33. The zero-order chi connectivity index (χ0) is 20.7. The number of halogens is 1. The van der Waals surface area contributed by atoms with Gasteiger partial charge in [-0.25, -0.2) is 9.07 Å². The Labute approximate surface area is 166 Å². The summed E-state index contributed by atoms with van der Waals surface area (Å²) in [6.07, 6.45) is 0. The molecule has 1 aliphatic rings. The standard InChI is InChI=1S/C20H22FN5O3/c1-11-17(13(3)26(24-11)15-7-5-4-6-14(15)21)16-10-29-9-8-25(16)20(28)18-19(27)12(2)22-23-18/h4-7,16,27H,8-10H2,1-3H3,(H,22,23). The Kier molecular flexibility index (Phi) is 4.83. The molecule has 1 atom stereocenters. The SMILES string of the molecule is Cc1n[nH]c(C(=O)N2CCOCC2c2c(C)nn(-c3ccccc3F)c2C)c1O. The maximum absolute atomic E-state index is 14.3. The van der Waals surface area contributed by atoms with Gasteiger partial charge in [0.25, 0.3) is 5.91 Å². The van der Waals surface area contributed by atoms with E-state index in [1.165, 1.54) is 6.07 Å². The Bertz CT molecular complexity index is 1070. The number of carbonyl (C=O) groups excluding carboxylic acids is 1. The number of nitrogens with one attached hydrogen (secondary N) is 1. The lowest BCUT2D eigenvalue weighted by Gasteiger charge is -2.35. The molecule has 3 heterocycles. The lowest BCUT2D eigenvalue weighted by Crippen LogP contribution is -2.44. The van der Waals surface area contributed by atoms with Gasteiger partial charge in [0.2, 0.25) is 0 Å². The third-order valence-electron chi connectivity index (χ3n) is 5.28. The number of aryl methyl sites for hydroxylation is 2. The molecule has 0 aliphatic carbocycles. The van der Waals surface area contributed by atoms with E-state index in [1.807, 2.05) is 13.8 Å². The molecule has 29 heavy (non-hydrogen) atoms. The zero-order valence-corrected chi connectivity index (χ0v) is 16.4. The maximum atomic E-state index is 14.3. The summed E-state index contributed by atoms with van der Waals surface area (Å²) < 4.78 is 21.5. The van der Waals surface area contributed by atoms with Crippen LogP contribution in [0.4, 0.5) is 4.39 Å². The first-order valence-electron chi connectivity index (χ1n) is 9.33. The molecule has 1 unspecified atom stereocenters. The maximum Gasteiger partial charge on any atom is 0.276 e. The number of carbonyl (C=O) groups is 1. The molecule has 1 aromatic carbocycles. The van der Waals surface area contributed by atoms with Gasteiger partial charge in [-0.3, -0.25) is 9.89 Å². The van der Waals surface area contributed by atoms with Crippen LogP contribution in [0.1, 0.15) is 39.2 Å². The van der Waals surface area contributed by atoms with E-state index in [4.69, 9.17) is 4.74 Å². The van der Waals surface area contributed by atoms with E-state index in [1.54, 1.807) is 34.7 Å². The van der Waals surface area contributed by atoms with Crippen molar-refractivity contribution in [1.82, 2.24) is 24.9 Å². The van der Waals surface area contributed by atoms with Crippen LogP contribution in [0.3, 0.4) is 0 Å². The first-order chi connectivity index (χ1) is 13.9. The van der Waals surface area contributed by atoms with Crippen molar-refractivity contribution in [2.75, 3.05) is 19.8 Å². The molecule has 2 aromatic heterocycles. The van der Waals surface area contributed by atoms with Crippen molar-refractivity contribution in [3.05, 3.63) is 58.4 Å². The number of hydrogen-bond donors (Lipinski definition) is 2. The molecular weight excluding hydrogens is 377 g/mol. The fourth-order valence-electron chi connectivity index (χ4n) is 3.80. The topological polar surface area (TPSA) is 96.3 Å². The Balaban J connectivity index is 1.75. The van der Waals surface area contributed by atoms with Gasteiger partial charge in [0.05, 0.1) is 24.9 Å². The number of aromatic amines is 1. The number of aromatic nitrogens is 4. The lowest BCUT2D eigenvalue weighted by atomic mass is 10.0. The molecule has 0 spiro atoms. The minimum Gasteiger partial charge on any atom is -0.504 e. The van der Waals surface area contributed by atoms with Crippen LogP contribution < -0.4 is 0 Å². The summed E-state index contributed by atoms with van der Waals surface area (Å²) >= 11 is 0. The van der Waals surface area contributed by atoms with Gasteiger partial charge in [-0.2, -0.15) is 10.2 Å². The third-order valence-corrected chi connectivity index (χ3v) is 5.28. The first-order valence-corrected chi connectivity index (χ1v) is 9.33. The predicted octanol–water partition coefficient (Wildman–Crippen LogP) is 2.58. The number of amides is 1. The van der Waals surface area contributed by atoms with Crippen LogP contribution in [0.5, 0.6) is 5.75 Å². The van der Waals surface area contributed by atoms with E-state index in [0.717, 1.165) is 11.3 Å². The molecule has 1 saturated heterocycles. The smallest absolute Gasteiger partial charge is 0.276 e. The second-order valence-electron chi connectivity index (χ2n) is 7.07. The van der Waals surface area contributed by atoms with Crippen LogP contribution in [-0.2, 0) is 4.74 Å². The van der Waals surface area contributed by atoms with Gasteiger partial charge in [0.1, 0.15) is 17.2 Å². The average molecular weight is 399 g/mol. The number of morpholine rings is 1. The predicted molar refractivity (Wildman–Crippen MR) is 103 cm³/mol. The number of hydrogen-bond acceptors (Lipinski definition) is 5. The van der Waals surface area contributed by atoms with Crippen LogP contribution in [0, 0.1) is 26.6 Å². The zero-order valence-electron chi connectivity index (χ0n) is 16.4. The second-order valence-corrected chi connectivity index (χ2v) is 7.07. The van der Waals surface area contributed by atoms with Crippen molar-refractivity contribution in [1.29, 1.82) is 0 Å². The Morgan fingerprint density at radius 1 is 1.28 bits per heavy atom. The van der Waals surface area contributed by atoms with Crippen LogP contribution in [-0.4, -0.2) is 55.6 Å². The molecular formula is C20H22FN5O3. The molecule has 4 rings (SSSR count). The van der Waals surface area contributed by atoms with Crippen molar-refractivity contribution in [3.63, 3.8) is 0 Å². The highest BCUT2D eigenvalue weighted by atomic mass is 19.1. The monoisotopic (exact) mass is 399 g/mol. The van der Waals surface area contributed by atoms with Crippen molar-refractivity contribution < 1.29 is 19.0 Å². The molecule has 0 saturated carbocycles. The summed E-state index contributed by atoms with van der Waals surface area (Å²) in [6, 6.07) is 6.00. The first kappa shape index (κ1) is 19.1. The van der Waals surface area contributed by atoms with Gasteiger partial charge >= 0.3 is 0 Å². The summed E-state index contributed by atoms with van der Waals surface area (Å²) in [5, 5.41) is 21.2. The van der Waals surface area contributed by atoms with E-state index >= 15 is 0 Å². The van der Waals surface area contributed by atoms with Crippen molar-refractivity contribution >= 4 is 5.91 Å². The van der Waals surface area contributed by atoms with Crippen LogP contribution in [0.25, 0.3) is 5.69 Å². The van der Waals surface area contributed by atoms with E-state index in [-0.39, 0.29) is 29.8 Å². The van der Waals surface area contributed by atoms with Gasteiger partial charge in [-0.05, 0) is 32.9 Å². The molecule has 9 heteroatoms. The molecule has 1 amide bonds. The number of aromatic hydroxyl groups is 1. The van der Waals surface area contributed by atoms with Crippen LogP contribution in [0.15, 0.2) is 24.3 Å². The van der Waals surface area contributed by atoms with Crippen LogP contribution >= 0.6 is 0 Å². The third kappa shape index (κ3) is 3.17. The van der Waals surface area contributed by atoms with Gasteiger partial charge < -0.3 is 14.7 Å². The van der Waals surface area contributed by atoms with Gasteiger partial charge in [-0.15, -0.1) is 0 Å². The highest BCUT2D eigenvalue weighted by molar-refractivity contribution is 5.95. The second kappa shape index (κ2) is 7.32. The Morgan fingerprint density at radius 3 is 2.72 bits per heavy atom. The minimum atomic E-state index is -0.417. The number of H-pyrrole nitrogens is 1.